The topological polar surface area (TPSA) is 108 Å². The third-order valence-electron chi connectivity index (χ3n) is 4.21. The van der Waals surface area contributed by atoms with Gasteiger partial charge in [-0.3, -0.25) is 19.7 Å². The van der Waals surface area contributed by atoms with Crippen molar-refractivity contribution < 1.29 is 28.4 Å². The van der Waals surface area contributed by atoms with Crippen molar-refractivity contribution in [3.8, 4) is 5.75 Å². The Bertz CT molecular complexity index is 901. The van der Waals surface area contributed by atoms with Crippen LogP contribution in [0.25, 0.3) is 0 Å². The van der Waals surface area contributed by atoms with Crippen LogP contribution < -0.4 is 10.1 Å². The fraction of sp³-hybridized carbons (Fsp3) is 0.364. The van der Waals surface area contributed by atoms with Crippen molar-refractivity contribution >= 4 is 17.6 Å². The molecule has 31 heavy (non-hydrogen) atoms. The van der Waals surface area contributed by atoms with Crippen LogP contribution in [-0.2, 0) is 14.3 Å². The average Bonchev–Trinajstić information content (AvgIpc) is 2.71. The van der Waals surface area contributed by atoms with Gasteiger partial charge in [0.2, 0.25) is 5.91 Å². The number of esters is 1. The first-order valence-corrected chi connectivity index (χ1v) is 9.86. The van der Waals surface area contributed by atoms with E-state index in [-0.39, 0.29) is 48.5 Å². The van der Waals surface area contributed by atoms with Crippen LogP contribution in [0, 0.1) is 15.9 Å². The Morgan fingerprint density at radius 1 is 1.13 bits per heavy atom. The molecule has 0 saturated heterocycles. The van der Waals surface area contributed by atoms with Crippen LogP contribution >= 0.6 is 0 Å². The van der Waals surface area contributed by atoms with Gasteiger partial charge < -0.3 is 14.8 Å². The minimum absolute atomic E-state index is 0.0809. The highest BCUT2D eigenvalue weighted by molar-refractivity contribution is 5.78. The summed E-state index contributed by atoms with van der Waals surface area (Å²) in [6.45, 7) is 3.61. The first-order chi connectivity index (χ1) is 14.8. The fourth-order valence-corrected chi connectivity index (χ4v) is 2.88. The number of hydrogen-bond acceptors (Lipinski definition) is 6. The average molecular weight is 432 g/mol. The Labute approximate surface area is 179 Å². The lowest BCUT2D eigenvalue weighted by molar-refractivity contribution is -0.385. The van der Waals surface area contributed by atoms with Gasteiger partial charge in [-0.2, -0.15) is 0 Å². The molecule has 2 aromatic carbocycles. The molecule has 0 heterocycles. The van der Waals surface area contributed by atoms with E-state index in [9.17, 15) is 24.1 Å². The highest BCUT2D eigenvalue weighted by Gasteiger charge is 2.26. The molecule has 0 spiro atoms. The van der Waals surface area contributed by atoms with Crippen LogP contribution in [0.1, 0.15) is 44.7 Å². The maximum Gasteiger partial charge on any atom is 0.308 e. The zero-order valence-corrected chi connectivity index (χ0v) is 17.4. The van der Waals surface area contributed by atoms with E-state index in [2.05, 4.69) is 5.32 Å². The van der Waals surface area contributed by atoms with Gasteiger partial charge in [0.05, 0.1) is 35.7 Å². The molecule has 1 N–H and O–H groups in total. The van der Waals surface area contributed by atoms with Crippen LogP contribution in [0.4, 0.5) is 10.1 Å². The van der Waals surface area contributed by atoms with Gasteiger partial charge in [0, 0.05) is 12.5 Å². The lowest BCUT2D eigenvalue weighted by atomic mass is 10.0. The van der Waals surface area contributed by atoms with Gasteiger partial charge in [0.15, 0.2) is 0 Å². The summed E-state index contributed by atoms with van der Waals surface area (Å²) in [4.78, 5) is 35.4. The van der Waals surface area contributed by atoms with E-state index in [0.29, 0.717) is 12.2 Å². The molecule has 0 aromatic heterocycles. The summed E-state index contributed by atoms with van der Waals surface area (Å²) in [5.41, 5.74) is 0.0360. The first-order valence-electron chi connectivity index (χ1n) is 9.86. The smallest absolute Gasteiger partial charge is 0.308 e. The van der Waals surface area contributed by atoms with Crippen LogP contribution in [0.3, 0.4) is 0 Å². The van der Waals surface area contributed by atoms with E-state index >= 15 is 0 Å². The summed E-state index contributed by atoms with van der Waals surface area (Å²) in [6.07, 6.45) is -0.139. The second kappa shape index (κ2) is 11.6. The van der Waals surface area contributed by atoms with E-state index in [1.54, 1.807) is 19.9 Å². The minimum atomic E-state index is -0.904. The zero-order chi connectivity index (χ0) is 22.8. The summed E-state index contributed by atoms with van der Waals surface area (Å²) in [7, 11) is 0. The summed E-state index contributed by atoms with van der Waals surface area (Å²) in [5, 5.41) is 14.1. The van der Waals surface area contributed by atoms with Gasteiger partial charge in [0.25, 0.3) is 5.69 Å². The number of ether oxygens (including phenoxy) is 2. The summed E-state index contributed by atoms with van der Waals surface area (Å²) in [5.74, 6) is -0.846. The summed E-state index contributed by atoms with van der Waals surface area (Å²) >= 11 is 0. The molecular formula is C22H25FN2O6. The molecule has 0 fully saturated rings. The fourth-order valence-electron chi connectivity index (χ4n) is 2.88. The van der Waals surface area contributed by atoms with E-state index in [1.807, 2.05) is 0 Å². The molecule has 166 valence electrons. The third-order valence-corrected chi connectivity index (χ3v) is 4.21. The van der Waals surface area contributed by atoms with Gasteiger partial charge in [0.1, 0.15) is 11.6 Å². The molecule has 9 heteroatoms. The Morgan fingerprint density at radius 3 is 2.45 bits per heavy atom. The molecule has 2 rings (SSSR count). The number of carbonyl (C=O) groups excluding carboxylic acids is 2. The minimum Gasteiger partial charge on any atom is -0.494 e. The van der Waals surface area contributed by atoms with Crippen molar-refractivity contribution in [2.75, 3.05) is 6.61 Å². The number of nitro groups is 1. The molecule has 1 unspecified atom stereocenters. The highest BCUT2D eigenvalue weighted by Crippen LogP contribution is 2.27. The van der Waals surface area contributed by atoms with Crippen molar-refractivity contribution in [2.45, 2.75) is 45.3 Å². The highest BCUT2D eigenvalue weighted by atomic mass is 19.1. The van der Waals surface area contributed by atoms with Crippen LogP contribution in [0.5, 0.6) is 5.75 Å². The molecule has 0 aliphatic heterocycles. The monoisotopic (exact) mass is 432 g/mol. The molecule has 1 amide bonds. The van der Waals surface area contributed by atoms with Gasteiger partial charge in [-0.1, -0.05) is 18.2 Å². The molecule has 8 nitrogen and oxygen atoms in total. The number of carbonyl (C=O) groups is 2. The predicted octanol–water partition coefficient (Wildman–Crippen LogP) is 4.09. The Morgan fingerprint density at radius 2 is 1.81 bits per heavy atom. The summed E-state index contributed by atoms with van der Waals surface area (Å²) < 4.78 is 23.5. The number of nitro benzene ring substituents is 1. The molecule has 1 atom stereocenters. The maximum absolute atomic E-state index is 12.9. The number of halogens is 1. The normalized spacial score (nSPS) is 11.6. The predicted molar refractivity (Wildman–Crippen MR) is 111 cm³/mol. The van der Waals surface area contributed by atoms with E-state index in [4.69, 9.17) is 9.47 Å². The standard InChI is InChI=1S/C22H25FN2O6/c1-15(2)31-22(27)14-19(18-6-3-4-7-20(18)25(28)29)24-21(26)8-5-13-30-17-11-9-16(23)10-12-17/h3-4,6-7,9-12,15,19H,5,8,13-14H2,1-2H3,(H,24,26). The molecule has 0 radical (unpaired) electrons. The number of amides is 1. The van der Waals surface area contributed by atoms with Crippen LogP contribution in [-0.4, -0.2) is 29.5 Å². The SMILES string of the molecule is CC(C)OC(=O)CC(NC(=O)CCCOc1ccc(F)cc1)c1ccccc1[N+](=O)[O-]. The summed E-state index contributed by atoms with van der Waals surface area (Å²) in [6, 6.07) is 10.6. The van der Waals surface area contributed by atoms with Gasteiger partial charge in [-0.25, -0.2) is 4.39 Å². The third kappa shape index (κ3) is 8.04. The number of nitrogens with one attached hydrogen (secondary N) is 1. The number of para-hydroxylation sites is 1. The van der Waals surface area contributed by atoms with Crippen molar-refractivity contribution in [1.82, 2.24) is 5.32 Å². The Hall–Kier alpha value is -3.49. The van der Waals surface area contributed by atoms with Gasteiger partial charge in [-0.15, -0.1) is 0 Å². The lowest BCUT2D eigenvalue weighted by Crippen LogP contribution is -2.31. The molecule has 0 saturated carbocycles. The van der Waals surface area contributed by atoms with Gasteiger partial charge in [-0.05, 0) is 44.5 Å². The maximum atomic E-state index is 12.9. The molecule has 0 bridgehead atoms. The largest absolute Gasteiger partial charge is 0.494 e. The van der Waals surface area contributed by atoms with Crippen molar-refractivity contribution in [3.05, 3.63) is 70.0 Å². The van der Waals surface area contributed by atoms with Crippen molar-refractivity contribution in [3.63, 3.8) is 0 Å². The van der Waals surface area contributed by atoms with E-state index < -0.39 is 16.9 Å². The molecule has 2 aromatic rings. The second-order valence-corrected chi connectivity index (χ2v) is 7.08. The molecule has 0 aliphatic carbocycles. The van der Waals surface area contributed by atoms with Crippen LogP contribution in [0.15, 0.2) is 48.5 Å². The van der Waals surface area contributed by atoms with Crippen molar-refractivity contribution in [1.29, 1.82) is 0 Å². The zero-order valence-electron chi connectivity index (χ0n) is 17.4. The first kappa shape index (κ1) is 23.8. The van der Waals surface area contributed by atoms with Gasteiger partial charge >= 0.3 is 5.97 Å². The Balaban J connectivity index is 1.99. The Kier molecular flexibility index (Phi) is 8.93. The van der Waals surface area contributed by atoms with E-state index in [1.165, 1.54) is 42.5 Å². The lowest BCUT2D eigenvalue weighted by Gasteiger charge is -2.19. The number of benzene rings is 2. The number of nitrogens with zero attached hydrogens (tertiary/aromatic N) is 1. The van der Waals surface area contributed by atoms with Crippen LogP contribution in [0.2, 0.25) is 0 Å². The quantitative estimate of drug-likeness (QED) is 0.248. The number of hydrogen-bond donors (Lipinski definition) is 1. The second-order valence-electron chi connectivity index (χ2n) is 7.08. The van der Waals surface area contributed by atoms with Crippen molar-refractivity contribution in [2.24, 2.45) is 0 Å². The number of rotatable bonds is 11. The van der Waals surface area contributed by atoms with E-state index in [0.717, 1.165) is 0 Å². The molecule has 0 aliphatic rings. The molecular weight excluding hydrogens is 407 g/mol.